The van der Waals surface area contributed by atoms with Crippen LogP contribution in [0.25, 0.3) is 0 Å². The minimum Gasteiger partial charge on any atom is -0.494 e. The normalized spacial score (nSPS) is 10.7. The summed E-state index contributed by atoms with van der Waals surface area (Å²) in [4.78, 5) is 0. The monoisotopic (exact) mass is 266 g/mol. The fraction of sp³-hybridized carbons (Fsp3) is 0.600. The van der Waals surface area contributed by atoms with E-state index >= 15 is 0 Å². The molecule has 0 aliphatic carbocycles. The van der Waals surface area contributed by atoms with Gasteiger partial charge in [-0.25, -0.2) is 0 Å². The summed E-state index contributed by atoms with van der Waals surface area (Å²) in [5.74, 6) is 0.813. The summed E-state index contributed by atoms with van der Waals surface area (Å²) in [6, 6.07) is 5.74. The molecule has 0 bridgehead atoms. The molecule has 108 valence electrons. The third-order valence-corrected chi connectivity index (χ3v) is 2.59. The minimum atomic E-state index is 0.315. The molecule has 0 spiro atoms. The second-order valence-electron chi connectivity index (χ2n) is 4.78. The Morgan fingerprint density at radius 3 is 2.68 bits per heavy atom. The number of unbranched alkanes of at least 4 members (excludes halogenated alkanes) is 1. The van der Waals surface area contributed by atoms with E-state index in [0.29, 0.717) is 12.7 Å². The van der Waals surface area contributed by atoms with E-state index < -0.39 is 0 Å². The van der Waals surface area contributed by atoms with Gasteiger partial charge >= 0.3 is 0 Å². The van der Waals surface area contributed by atoms with Gasteiger partial charge in [0.25, 0.3) is 0 Å². The van der Waals surface area contributed by atoms with Crippen LogP contribution in [0.1, 0.15) is 33.6 Å². The Hall–Kier alpha value is -1.42. The molecule has 3 N–H and O–H groups in total. The lowest BCUT2D eigenvalue weighted by Gasteiger charge is -2.11. The summed E-state index contributed by atoms with van der Waals surface area (Å²) >= 11 is 0. The molecule has 19 heavy (non-hydrogen) atoms. The molecule has 0 saturated carbocycles. The van der Waals surface area contributed by atoms with Gasteiger partial charge in [0.15, 0.2) is 0 Å². The van der Waals surface area contributed by atoms with Crippen molar-refractivity contribution in [3.05, 3.63) is 18.2 Å². The number of nitrogen functional groups attached to an aromatic ring is 1. The number of ether oxygens (including phenoxy) is 2. The van der Waals surface area contributed by atoms with Crippen LogP contribution >= 0.6 is 0 Å². The summed E-state index contributed by atoms with van der Waals surface area (Å²) < 4.78 is 11.0. The lowest BCUT2D eigenvalue weighted by Crippen LogP contribution is -2.07. The van der Waals surface area contributed by atoms with Crippen molar-refractivity contribution in [2.24, 2.45) is 0 Å². The Balaban J connectivity index is 2.28. The van der Waals surface area contributed by atoms with Crippen molar-refractivity contribution in [1.29, 1.82) is 0 Å². The predicted molar refractivity (Wildman–Crippen MR) is 80.8 cm³/mol. The highest BCUT2D eigenvalue weighted by molar-refractivity contribution is 5.59. The average molecular weight is 266 g/mol. The standard InChI is InChI=1S/C15H26N2O2/c1-4-18-15-10-13(16)9-14(11-15)17-7-5-6-8-19-12(2)3/h9-12,17H,4-8,16H2,1-3H3. The van der Waals surface area contributed by atoms with Gasteiger partial charge in [0.1, 0.15) is 5.75 Å². The Morgan fingerprint density at radius 2 is 2.00 bits per heavy atom. The Morgan fingerprint density at radius 1 is 1.21 bits per heavy atom. The van der Waals surface area contributed by atoms with Gasteiger partial charge < -0.3 is 20.5 Å². The van der Waals surface area contributed by atoms with Crippen molar-refractivity contribution in [2.45, 2.75) is 39.7 Å². The second-order valence-corrected chi connectivity index (χ2v) is 4.78. The van der Waals surface area contributed by atoms with Gasteiger partial charge in [-0.15, -0.1) is 0 Å². The number of anilines is 2. The fourth-order valence-electron chi connectivity index (χ4n) is 1.75. The number of nitrogens with two attached hydrogens (primary N) is 1. The molecule has 0 aromatic heterocycles. The molecule has 4 heteroatoms. The highest BCUT2D eigenvalue weighted by Crippen LogP contribution is 2.22. The van der Waals surface area contributed by atoms with Crippen molar-refractivity contribution >= 4 is 11.4 Å². The van der Waals surface area contributed by atoms with Gasteiger partial charge in [-0.2, -0.15) is 0 Å². The Kier molecular flexibility index (Phi) is 7.11. The van der Waals surface area contributed by atoms with Gasteiger partial charge in [0, 0.05) is 36.7 Å². The summed E-state index contributed by atoms with van der Waals surface area (Å²) in [7, 11) is 0. The molecule has 0 amide bonds. The Bertz CT molecular complexity index is 367. The molecule has 0 aliphatic heterocycles. The van der Waals surface area contributed by atoms with Crippen molar-refractivity contribution in [3.8, 4) is 5.75 Å². The van der Waals surface area contributed by atoms with Gasteiger partial charge in [0.2, 0.25) is 0 Å². The van der Waals surface area contributed by atoms with E-state index in [2.05, 4.69) is 19.2 Å². The summed E-state index contributed by atoms with van der Waals surface area (Å²) in [5, 5.41) is 3.36. The van der Waals surface area contributed by atoms with Crippen LogP contribution in [-0.2, 0) is 4.74 Å². The third kappa shape index (κ3) is 6.91. The van der Waals surface area contributed by atoms with Crippen LogP contribution in [0, 0.1) is 0 Å². The van der Waals surface area contributed by atoms with E-state index in [-0.39, 0.29) is 0 Å². The van der Waals surface area contributed by atoms with Crippen molar-refractivity contribution < 1.29 is 9.47 Å². The number of nitrogens with one attached hydrogen (secondary N) is 1. The summed E-state index contributed by atoms with van der Waals surface area (Å²) in [6.07, 6.45) is 2.45. The molecule has 0 heterocycles. The topological polar surface area (TPSA) is 56.5 Å². The SMILES string of the molecule is CCOc1cc(N)cc(NCCCCOC(C)C)c1. The fourth-order valence-corrected chi connectivity index (χ4v) is 1.75. The molecule has 0 unspecified atom stereocenters. The zero-order valence-corrected chi connectivity index (χ0v) is 12.2. The number of rotatable bonds is 9. The first-order chi connectivity index (χ1) is 9.11. The molecular formula is C15H26N2O2. The molecule has 1 rings (SSSR count). The number of hydrogen-bond acceptors (Lipinski definition) is 4. The summed E-state index contributed by atoms with van der Waals surface area (Å²) in [5.41, 5.74) is 7.56. The van der Waals surface area contributed by atoms with Gasteiger partial charge in [-0.1, -0.05) is 0 Å². The minimum absolute atomic E-state index is 0.315. The van der Waals surface area contributed by atoms with Crippen LogP contribution in [0.4, 0.5) is 11.4 Å². The molecule has 0 radical (unpaired) electrons. The molecule has 0 fully saturated rings. The quantitative estimate of drug-likeness (QED) is 0.532. The first kappa shape index (κ1) is 15.6. The van der Waals surface area contributed by atoms with Crippen molar-refractivity contribution in [3.63, 3.8) is 0 Å². The van der Waals surface area contributed by atoms with Gasteiger partial charge in [-0.05, 0) is 39.7 Å². The molecule has 1 aromatic rings. The van der Waals surface area contributed by atoms with Crippen LogP contribution in [0.5, 0.6) is 5.75 Å². The molecule has 0 aliphatic rings. The predicted octanol–water partition coefficient (Wildman–Crippen LogP) is 3.28. The van der Waals surface area contributed by atoms with Crippen LogP contribution in [0.3, 0.4) is 0 Å². The maximum absolute atomic E-state index is 5.83. The Labute approximate surface area is 116 Å². The highest BCUT2D eigenvalue weighted by atomic mass is 16.5. The largest absolute Gasteiger partial charge is 0.494 e. The van der Waals surface area contributed by atoms with E-state index in [4.69, 9.17) is 15.2 Å². The van der Waals surface area contributed by atoms with E-state index in [1.54, 1.807) is 0 Å². The maximum Gasteiger partial charge on any atom is 0.123 e. The van der Waals surface area contributed by atoms with Crippen LogP contribution < -0.4 is 15.8 Å². The van der Waals surface area contributed by atoms with Crippen molar-refractivity contribution in [1.82, 2.24) is 0 Å². The molecule has 0 atom stereocenters. The lowest BCUT2D eigenvalue weighted by molar-refractivity contribution is 0.0765. The van der Waals surface area contributed by atoms with Gasteiger partial charge in [-0.3, -0.25) is 0 Å². The van der Waals surface area contributed by atoms with Crippen LogP contribution in [0.2, 0.25) is 0 Å². The average Bonchev–Trinajstić information content (AvgIpc) is 2.33. The molecule has 1 aromatic carbocycles. The molecule has 4 nitrogen and oxygen atoms in total. The van der Waals surface area contributed by atoms with Gasteiger partial charge in [0.05, 0.1) is 12.7 Å². The number of benzene rings is 1. The smallest absolute Gasteiger partial charge is 0.123 e. The van der Waals surface area contributed by atoms with E-state index in [0.717, 1.165) is 43.1 Å². The maximum atomic E-state index is 5.83. The zero-order valence-electron chi connectivity index (χ0n) is 12.2. The summed E-state index contributed by atoms with van der Waals surface area (Å²) in [6.45, 7) is 8.46. The highest BCUT2D eigenvalue weighted by Gasteiger charge is 1.99. The van der Waals surface area contributed by atoms with E-state index in [1.807, 2.05) is 25.1 Å². The van der Waals surface area contributed by atoms with Crippen molar-refractivity contribution in [2.75, 3.05) is 30.8 Å². The number of hydrogen-bond donors (Lipinski definition) is 2. The lowest BCUT2D eigenvalue weighted by atomic mass is 10.2. The second kappa shape index (κ2) is 8.64. The van der Waals surface area contributed by atoms with E-state index in [9.17, 15) is 0 Å². The molecule has 0 saturated heterocycles. The third-order valence-electron chi connectivity index (χ3n) is 2.59. The molecular weight excluding hydrogens is 240 g/mol. The van der Waals surface area contributed by atoms with Crippen LogP contribution in [0.15, 0.2) is 18.2 Å². The first-order valence-corrected chi connectivity index (χ1v) is 7.00. The zero-order chi connectivity index (χ0) is 14.1. The first-order valence-electron chi connectivity index (χ1n) is 7.00. The van der Waals surface area contributed by atoms with Crippen LogP contribution in [-0.4, -0.2) is 25.9 Å². The van der Waals surface area contributed by atoms with E-state index in [1.165, 1.54) is 0 Å².